The highest BCUT2D eigenvalue weighted by Gasteiger charge is 2.25. The Balaban J connectivity index is 1.23. The molecule has 2 N–H and O–H groups in total. The van der Waals surface area contributed by atoms with Gasteiger partial charge < -0.3 is 24.8 Å². The van der Waals surface area contributed by atoms with Crippen molar-refractivity contribution in [2.75, 3.05) is 36.5 Å². The lowest BCUT2D eigenvalue weighted by atomic mass is 9.93. The van der Waals surface area contributed by atoms with E-state index in [1.807, 2.05) is 12.1 Å². The van der Waals surface area contributed by atoms with Gasteiger partial charge in [-0.1, -0.05) is 6.07 Å². The predicted octanol–water partition coefficient (Wildman–Crippen LogP) is 3.89. The first-order valence-electron chi connectivity index (χ1n) is 12.2. The van der Waals surface area contributed by atoms with E-state index in [-0.39, 0.29) is 6.10 Å². The second-order valence-corrected chi connectivity index (χ2v) is 9.69. The molecule has 5 rings (SSSR count). The molecule has 1 aliphatic carbocycles. The van der Waals surface area contributed by atoms with E-state index in [1.165, 1.54) is 0 Å². The Kier molecular flexibility index (Phi) is 6.52. The molecule has 0 atom stereocenters. The summed E-state index contributed by atoms with van der Waals surface area (Å²) in [5.41, 5.74) is 2.72. The van der Waals surface area contributed by atoms with Crippen LogP contribution in [0.1, 0.15) is 45.1 Å². The zero-order valence-corrected chi connectivity index (χ0v) is 19.9. The Morgan fingerprint density at radius 1 is 1.03 bits per heavy atom. The Hall–Kier alpha value is -2.97. The van der Waals surface area contributed by atoms with Crippen LogP contribution in [0.5, 0.6) is 5.75 Å². The number of pyridine rings is 1. The van der Waals surface area contributed by atoms with Crippen LogP contribution in [-0.2, 0) is 10.3 Å². The Morgan fingerprint density at radius 3 is 2.50 bits per heavy atom. The summed E-state index contributed by atoms with van der Waals surface area (Å²) >= 11 is 0. The lowest BCUT2D eigenvalue weighted by Gasteiger charge is -2.31. The van der Waals surface area contributed by atoms with Crippen molar-refractivity contribution >= 4 is 22.5 Å². The van der Waals surface area contributed by atoms with Gasteiger partial charge in [0.25, 0.3) is 0 Å². The fourth-order valence-electron chi connectivity index (χ4n) is 4.68. The van der Waals surface area contributed by atoms with Crippen molar-refractivity contribution in [3.63, 3.8) is 0 Å². The standard InChI is InChI=1S/C26H33N5O3/c1-26(2,32)18-3-8-24(29-17-18)30-19-4-6-21(7-5-19)34-23-16-20(31-11-13-33-14-12-31)15-22-25(23)28-10-9-27-22/h3,8-10,15-17,19,21,32H,4-7,11-14H2,1-2H3,(H,29,30)/t19-,21+. The molecule has 0 spiro atoms. The molecule has 2 fully saturated rings. The molecule has 0 bridgehead atoms. The van der Waals surface area contributed by atoms with Crippen LogP contribution in [0.4, 0.5) is 11.5 Å². The van der Waals surface area contributed by atoms with Crippen molar-refractivity contribution in [1.82, 2.24) is 15.0 Å². The molecule has 3 aromatic rings. The molecule has 0 unspecified atom stereocenters. The summed E-state index contributed by atoms with van der Waals surface area (Å²) < 4.78 is 12.0. The van der Waals surface area contributed by atoms with E-state index in [2.05, 4.69) is 37.3 Å². The summed E-state index contributed by atoms with van der Waals surface area (Å²) in [6, 6.07) is 8.44. The Morgan fingerprint density at radius 2 is 1.79 bits per heavy atom. The number of rotatable bonds is 6. The number of fused-ring (bicyclic) bond motifs is 1. The van der Waals surface area contributed by atoms with Gasteiger partial charge in [-0.05, 0) is 51.7 Å². The Bertz CT molecular complexity index is 1100. The second-order valence-electron chi connectivity index (χ2n) is 9.69. The van der Waals surface area contributed by atoms with Crippen LogP contribution in [0.3, 0.4) is 0 Å². The number of morpholine rings is 1. The van der Waals surface area contributed by atoms with Crippen LogP contribution < -0.4 is 15.0 Å². The normalized spacial score (nSPS) is 21.4. The monoisotopic (exact) mass is 463 g/mol. The Labute approximate surface area is 200 Å². The van der Waals surface area contributed by atoms with E-state index in [0.717, 1.165) is 85.8 Å². The SMILES string of the molecule is CC(C)(O)c1ccc(N[C@H]2CC[C@@H](Oc3cc(N4CCOCC4)cc4nccnc34)CC2)nc1. The van der Waals surface area contributed by atoms with Gasteiger partial charge in [0, 0.05) is 55.0 Å². The average molecular weight is 464 g/mol. The molecule has 3 heterocycles. The molecule has 8 heteroatoms. The van der Waals surface area contributed by atoms with Gasteiger partial charge in [0.1, 0.15) is 17.1 Å². The fraction of sp³-hybridized carbons (Fsp3) is 0.500. The first-order valence-corrected chi connectivity index (χ1v) is 12.2. The number of nitrogens with zero attached hydrogens (tertiary/aromatic N) is 4. The van der Waals surface area contributed by atoms with Gasteiger partial charge in [-0.2, -0.15) is 0 Å². The van der Waals surface area contributed by atoms with Crippen molar-refractivity contribution in [1.29, 1.82) is 0 Å². The lowest BCUT2D eigenvalue weighted by Crippen LogP contribution is -2.36. The van der Waals surface area contributed by atoms with Gasteiger partial charge in [0.2, 0.25) is 0 Å². The molecule has 1 aliphatic heterocycles. The van der Waals surface area contributed by atoms with Gasteiger partial charge in [-0.15, -0.1) is 0 Å². The second kappa shape index (κ2) is 9.72. The molecule has 0 radical (unpaired) electrons. The lowest BCUT2D eigenvalue weighted by molar-refractivity contribution is 0.0782. The quantitative estimate of drug-likeness (QED) is 0.569. The zero-order valence-electron chi connectivity index (χ0n) is 19.9. The molecule has 8 nitrogen and oxygen atoms in total. The summed E-state index contributed by atoms with van der Waals surface area (Å²) in [7, 11) is 0. The maximum absolute atomic E-state index is 10.1. The highest BCUT2D eigenvalue weighted by atomic mass is 16.5. The predicted molar refractivity (Wildman–Crippen MR) is 132 cm³/mol. The van der Waals surface area contributed by atoms with Crippen molar-refractivity contribution in [2.45, 2.75) is 57.3 Å². The number of hydrogen-bond donors (Lipinski definition) is 2. The van der Waals surface area contributed by atoms with Gasteiger partial charge in [0.15, 0.2) is 0 Å². The molecule has 1 aromatic carbocycles. The summed E-state index contributed by atoms with van der Waals surface area (Å²) in [6.45, 7) is 6.75. The summed E-state index contributed by atoms with van der Waals surface area (Å²) in [5, 5.41) is 13.7. The number of hydrogen-bond acceptors (Lipinski definition) is 8. The van der Waals surface area contributed by atoms with E-state index < -0.39 is 5.60 Å². The maximum atomic E-state index is 10.1. The van der Waals surface area contributed by atoms with E-state index in [1.54, 1.807) is 32.4 Å². The van der Waals surface area contributed by atoms with E-state index in [4.69, 9.17) is 9.47 Å². The highest BCUT2D eigenvalue weighted by molar-refractivity contribution is 5.85. The van der Waals surface area contributed by atoms with E-state index in [9.17, 15) is 5.11 Å². The van der Waals surface area contributed by atoms with Gasteiger partial charge in [0.05, 0.1) is 30.4 Å². The summed E-state index contributed by atoms with van der Waals surface area (Å²) in [5.74, 6) is 1.66. The van der Waals surface area contributed by atoms with Crippen LogP contribution in [0.2, 0.25) is 0 Å². The van der Waals surface area contributed by atoms with Crippen molar-refractivity contribution < 1.29 is 14.6 Å². The molecule has 0 amide bonds. The van der Waals surface area contributed by atoms with Gasteiger partial charge >= 0.3 is 0 Å². The third kappa shape index (κ3) is 5.23. The largest absolute Gasteiger partial charge is 0.488 e. The molecule has 2 aliphatic rings. The fourth-order valence-corrected chi connectivity index (χ4v) is 4.68. The first-order chi connectivity index (χ1) is 16.5. The van der Waals surface area contributed by atoms with E-state index >= 15 is 0 Å². The molecule has 1 saturated heterocycles. The minimum absolute atomic E-state index is 0.147. The van der Waals surface area contributed by atoms with Crippen LogP contribution in [0, 0.1) is 0 Å². The van der Waals surface area contributed by atoms with Crippen molar-refractivity contribution in [2.24, 2.45) is 0 Å². The third-order valence-electron chi connectivity index (χ3n) is 6.69. The molecule has 2 aromatic heterocycles. The minimum Gasteiger partial charge on any atom is -0.488 e. The van der Waals surface area contributed by atoms with Crippen LogP contribution >= 0.6 is 0 Å². The smallest absolute Gasteiger partial charge is 0.149 e. The van der Waals surface area contributed by atoms with Crippen molar-refractivity contribution in [3.8, 4) is 5.75 Å². The van der Waals surface area contributed by atoms with Gasteiger partial charge in [-0.25, -0.2) is 9.97 Å². The topological polar surface area (TPSA) is 92.6 Å². The average Bonchev–Trinajstić information content (AvgIpc) is 2.85. The third-order valence-corrected chi connectivity index (χ3v) is 6.69. The van der Waals surface area contributed by atoms with E-state index in [0.29, 0.717) is 6.04 Å². The zero-order chi connectivity index (χ0) is 23.5. The molecular formula is C26H33N5O3. The number of aliphatic hydroxyl groups is 1. The van der Waals surface area contributed by atoms with Gasteiger partial charge in [-0.3, -0.25) is 4.98 Å². The molecule has 1 saturated carbocycles. The van der Waals surface area contributed by atoms with Crippen LogP contribution in [-0.4, -0.2) is 58.5 Å². The number of nitrogens with one attached hydrogen (secondary N) is 1. The number of aromatic nitrogens is 3. The number of anilines is 2. The minimum atomic E-state index is -0.880. The summed E-state index contributed by atoms with van der Waals surface area (Å²) in [6.07, 6.45) is 9.28. The number of ether oxygens (including phenoxy) is 2. The molecule has 180 valence electrons. The summed E-state index contributed by atoms with van der Waals surface area (Å²) in [4.78, 5) is 15.9. The number of benzene rings is 1. The molecule has 34 heavy (non-hydrogen) atoms. The van der Waals surface area contributed by atoms with Crippen LogP contribution in [0.15, 0.2) is 42.9 Å². The van der Waals surface area contributed by atoms with Crippen molar-refractivity contribution in [3.05, 3.63) is 48.4 Å². The first kappa shape index (κ1) is 22.8. The molecular weight excluding hydrogens is 430 g/mol. The maximum Gasteiger partial charge on any atom is 0.149 e. The van der Waals surface area contributed by atoms with Crippen LogP contribution in [0.25, 0.3) is 11.0 Å². The highest BCUT2D eigenvalue weighted by Crippen LogP contribution is 2.33.